The first-order valence-corrected chi connectivity index (χ1v) is 17.0. The Balaban J connectivity index is 1.14. The molecule has 10 nitrogen and oxygen atoms in total. The van der Waals surface area contributed by atoms with Gasteiger partial charge in [-0.05, 0) is 43.1 Å². The van der Waals surface area contributed by atoms with Crippen LogP contribution in [-0.2, 0) is 36.0 Å². The number of nitrogens with one attached hydrogen (secondary N) is 2. The van der Waals surface area contributed by atoms with Crippen molar-refractivity contribution < 1.29 is 21.6 Å². The fraction of sp³-hybridized carbons (Fsp3) is 0.536. The molecule has 5 heterocycles. The zero-order chi connectivity index (χ0) is 30.6. The highest BCUT2D eigenvalue weighted by Gasteiger charge is 2.44. The van der Waals surface area contributed by atoms with E-state index >= 15 is 0 Å². The van der Waals surface area contributed by atoms with Crippen molar-refractivity contribution in [2.45, 2.75) is 51.9 Å². The van der Waals surface area contributed by atoms with E-state index < -0.39 is 22.6 Å². The molecule has 0 bridgehead atoms. The van der Waals surface area contributed by atoms with Crippen molar-refractivity contribution in [2.24, 2.45) is 5.41 Å². The van der Waals surface area contributed by atoms with Crippen LogP contribution in [0.3, 0.4) is 0 Å². The molecule has 2 aliphatic heterocycles. The van der Waals surface area contributed by atoms with Gasteiger partial charge in [-0.15, -0.1) is 11.3 Å². The molecule has 0 saturated carbocycles. The van der Waals surface area contributed by atoms with E-state index in [1.807, 2.05) is 25.1 Å². The predicted octanol–water partition coefficient (Wildman–Crippen LogP) is 3.65. The summed E-state index contributed by atoms with van der Waals surface area (Å²) >= 11 is 1.10. The molecule has 3 aromatic heterocycles. The summed E-state index contributed by atoms with van der Waals surface area (Å²) in [7, 11) is -3.34. The Morgan fingerprint density at radius 2 is 1.93 bits per heavy atom. The number of hydrogen-bond donors (Lipinski definition) is 2. The maximum Gasteiger partial charge on any atom is 0.393 e. The van der Waals surface area contributed by atoms with Crippen molar-refractivity contribution >= 4 is 48.4 Å². The Morgan fingerprint density at radius 3 is 2.67 bits per heavy atom. The number of thiophene rings is 1. The Morgan fingerprint density at radius 1 is 1.14 bits per heavy atom. The van der Waals surface area contributed by atoms with E-state index in [0.29, 0.717) is 28.0 Å². The number of fused-ring (bicyclic) bond motifs is 2. The van der Waals surface area contributed by atoms with Crippen LogP contribution in [0.5, 0.6) is 0 Å². The van der Waals surface area contributed by atoms with Gasteiger partial charge in [0.1, 0.15) is 16.5 Å². The molecule has 1 aromatic carbocycles. The lowest BCUT2D eigenvalue weighted by molar-refractivity contribution is -0.126. The monoisotopic (exact) mass is 637 g/mol. The zero-order valence-electron chi connectivity index (χ0n) is 24.0. The number of aryl methyl sites for hydroxylation is 1. The van der Waals surface area contributed by atoms with Crippen LogP contribution in [0.2, 0.25) is 0 Å². The largest absolute Gasteiger partial charge is 0.393 e. The molecule has 0 amide bonds. The van der Waals surface area contributed by atoms with Crippen LogP contribution in [0, 0.1) is 5.41 Å². The minimum Gasteiger partial charge on any atom is -0.355 e. The number of H-pyrrole nitrogens is 1. The minimum absolute atomic E-state index is 0.0723. The summed E-state index contributed by atoms with van der Waals surface area (Å²) in [6, 6.07) is 7.49. The topological polar surface area (TPSA) is 116 Å². The molecule has 1 atom stereocenters. The molecule has 232 valence electrons. The van der Waals surface area contributed by atoms with Crippen LogP contribution in [0.15, 0.2) is 29.1 Å². The second-order valence-corrected chi connectivity index (χ2v) is 14.7. The standard InChI is InChI=1S/C28H34F3N7O3S2/c1-3-23-34-24(20-13-19(14-28(29,30)31)42-25(20)35-23)37-10-7-27(17-37)6-9-36(16-27)15-18-4-5-22-21(12-18)33-26(39)38(22)11-8-32-43(2,40)41/h4-5,12-13,32H,3,6-11,14-17H2,1-2H3,(H,33,39). The predicted molar refractivity (Wildman–Crippen MR) is 161 cm³/mol. The fourth-order valence-electron chi connectivity index (χ4n) is 6.43. The Bertz CT molecular complexity index is 1830. The molecule has 6 rings (SSSR count). The van der Waals surface area contributed by atoms with Crippen LogP contribution in [0.4, 0.5) is 19.0 Å². The Labute approximate surface area is 251 Å². The highest BCUT2D eigenvalue weighted by Crippen LogP contribution is 2.43. The number of likely N-dealkylation sites (tertiary alicyclic amines) is 1. The van der Waals surface area contributed by atoms with Crippen LogP contribution in [-0.4, -0.2) is 78.0 Å². The third-order valence-corrected chi connectivity index (χ3v) is 10.1. The molecule has 4 aromatic rings. The van der Waals surface area contributed by atoms with E-state index in [2.05, 4.69) is 24.5 Å². The van der Waals surface area contributed by atoms with Gasteiger partial charge in [0.25, 0.3) is 0 Å². The molecule has 15 heteroatoms. The molecule has 2 N–H and O–H groups in total. The van der Waals surface area contributed by atoms with Gasteiger partial charge < -0.3 is 9.88 Å². The first-order chi connectivity index (χ1) is 20.3. The van der Waals surface area contributed by atoms with E-state index in [0.717, 1.165) is 80.1 Å². The highest BCUT2D eigenvalue weighted by atomic mass is 32.2. The average Bonchev–Trinajstić information content (AvgIpc) is 3.68. The lowest BCUT2D eigenvalue weighted by Crippen LogP contribution is -2.31. The molecule has 1 spiro atoms. The number of imidazole rings is 1. The quantitative estimate of drug-likeness (QED) is 0.288. The van der Waals surface area contributed by atoms with Crippen molar-refractivity contribution in [2.75, 3.05) is 43.9 Å². The third-order valence-electron chi connectivity index (χ3n) is 8.36. The number of benzene rings is 1. The van der Waals surface area contributed by atoms with Gasteiger partial charge in [0, 0.05) is 56.0 Å². The van der Waals surface area contributed by atoms with Gasteiger partial charge in [0.15, 0.2) is 0 Å². The SMILES string of the molecule is CCc1nc(N2CCC3(CCN(Cc4ccc5c(c4)[nH]c(=O)n5CCNS(C)(=O)=O)C3)C2)c2cc(CC(F)(F)F)sc2n1. The van der Waals surface area contributed by atoms with Gasteiger partial charge in [-0.3, -0.25) is 9.47 Å². The summed E-state index contributed by atoms with van der Waals surface area (Å²) in [5.41, 5.74) is 2.30. The van der Waals surface area contributed by atoms with Crippen LogP contribution < -0.4 is 15.3 Å². The molecule has 0 aliphatic carbocycles. The van der Waals surface area contributed by atoms with Crippen molar-refractivity contribution in [3.63, 3.8) is 0 Å². The number of rotatable bonds is 9. The summed E-state index contributed by atoms with van der Waals surface area (Å²) in [5, 5.41) is 0.703. The number of anilines is 1. The molecule has 2 aliphatic rings. The van der Waals surface area contributed by atoms with Crippen molar-refractivity contribution in [1.82, 2.24) is 29.1 Å². The maximum atomic E-state index is 13.1. The molecule has 2 fully saturated rings. The number of nitrogens with zero attached hydrogens (tertiary/aromatic N) is 5. The number of hydrogen-bond acceptors (Lipinski definition) is 8. The van der Waals surface area contributed by atoms with Gasteiger partial charge >= 0.3 is 11.9 Å². The summed E-state index contributed by atoms with van der Waals surface area (Å²) < 4.78 is 66.0. The van der Waals surface area contributed by atoms with Crippen LogP contribution in [0.25, 0.3) is 21.3 Å². The van der Waals surface area contributed by atoms with E-state index in [1.165, 1.54) is 4.57 Å². The lowest BCUT2D eigenvalue weighted by atomic mass is 9.86. The smallest absolute Gasteiger partial charge is 0.355 e. The summed E-state index contributed by atoms with van der Waals surface area (Å²) in [6.07, 6.45) is -1.54. The fourth-order valence-corrected chi connectivity index (χ4v) is 7.96. The van der Waals surface area contributed by atoms with Crippen molar-refractivity contribution in [3.05, 3.63) is 51.0 Å². The van der Waals surface area contributed by atoms with Crippen molar-refractivity contribution in [3.8, 4) is 0 Å². The number of sulfonamides is 1. The van der Waals surface area contributed by atoms with Gasteiger partial charge in [-0.1, -0.05) is 13.0 Å². The van der Waals surface area contributed by atoms with Gasteiger partial charge in [0.2, 0.25) is 10.0 Å². The average molecular weight is 638 g/mol. The van der Waals surface area contributed by atoms with E-state index in [9.17, 15) is 26.4 Å². The Kier molecular flexibility index (Phi) is 7.80. The second-order valence-electron chi connectivity index (χ2n) is 11.8. The first kappa shape index (κ1) is 30.0. The van der Waals surface area contributed by atoms with Crippen LogP contribution in [0.1, 0.15) is 36.0 Å². The Hall–Kier alpha value is -3.01. The highest BCUT2D eigenvalue weighted by molar-refractivity contribution is 7.88. The second kappa shape index (κ2) is 11.2. The number of aromatic nitrogens is 4. The third kappa shape index (κ3) is 6.59. The normalized spacial score (nSPS) is 20.0. The van der Waals surface area contributed by atoms with Gasteiger partial charge in [0.05, 0.1) is 29.1 Å². The summed E-state index contributed by atoms with van der Waals surface area (Å²) in [6.45, 7) is 6.44. The maximum absolute atomic E-state index is 13.1. The summed E-state index contributed by atoms with van der Waals surface area (Å²) in [5.74, 6) is 1.39. The van der Waals surface area contributed by atoms with E-state index in [1.54, 1.807) is 6.07 Å². The molecule has 0 radical (unpaired) electrons. The minimum atomic E-state index is -4.27. The van der Waals surface area contributed by atoms with Crippen LogP contribution >= 0.6 is 11.3 Å². The van der Waals surface area contributed by atoms with Crippen molar-refractivity contribution in [1.29, 1.82) is 0 Å². The van der Waals surface area contributed by atoms with Gasteiger partial charge in [-0.2, -0.15) is 13.2 Å². The lowest BCUT2D eigenvalue weighted by Gasteiger charge is -2.25. The molecular formula is C28H34F3N7O3S2. The molecule has 43 heavy (non-hydrogen) atoms. The molecular weight excluding hydrogens is 603 g/mol. The first-order valence-electron chi connectivity index (χ1n) is 14.3. The number of alkyl halides is 3. The number of halogens is 3. The molecule has 1 unspecified atom stereocenters. The zero-order valence-corrected chi connectivity index (χ0v) is 25.6. The molecule has 2 saturated heterocycles. The van der Waals surface area contributed by atoms with E-state index in [4.69, 9.17) is 4.98 Å². The number of aromatic amines is 1. The van der Waals surface area contributed by atoms with Gasteiger partial charge in [-0.25, -0.2) is 27.9 Å². The summed E-state index contributed by atoms with van der Waals surface area (Å²) in [4.78, 5) is 30.2. The van der Waals surface area contributed by atoms with E-state index in [-0.39, 0.29) is 29.1 Å².